The molecule has 27 heavy (non-hydrogen) atoms. The molecule has 142 valence electrons. The number of rotatable bonds is 8. The Kier molecular flexibility index (Phi) is 6.01. The van der Waals surface area contributed by atoms with Crippen molar-refractivity contribution >= 4 is 0 Å². The molecule has 3 aromatic rings. The van der Waals surface area contributed by atoms with Crippen molar-refractivity contribution in [2.24, 2.45) is 0 Å². The van der Waals surface area contributed by atoms with Crippen LogP contribution in [-0.2, 0) is 6.42 Å². The van der Waals surface area contributed by atoms with Crippen LogP contribution in [0.2, 0.25) is 0 Å². The van der Waals surface area contributed by atoms with E-state index in [1.807, 2.05) is 50.2 Å². The van der Waals surface area contributed by atoms with E-state index in [-0.39, 0.29) is 17.8 Å². The zero-order chi connectivity index (χ0) is 19.2. The number of hydrogen-bond donors (Lipinski definition) is 1. The van der Waals surface area contributed by atoms with Gasteiger partial charge in [0.15, 0.2) is 5.76 Å². The van der Waals surface area contributed by atoms with Crippen LogP contribution < -0.4 is 15.0 Å². The second-order valence-electron chi connectivity index (χ2n) is 6.77. The summed E-state index contributed by atoms with van der Waals surface area (Å²) in [5.41, 5.74) is 1.76. The first-order valence-electron chi connectivity index (χ1n) is 9.24. The molecule has 1 heterocycles. The lowest BCUT2D eigenvalue weighted by Gasteiger charge is -2.18. The summed E-state index contributed by atoms with van der Waals surface area (Å²) in [4.78, 5) is 11.2. The van der Waals surface area contributed by atoms with E-state index in [1.165, 1.54) is 11.6 Å². The summed E-state index contributed by atoms with van der Waals surface area (Å²) in [6.45, 7) is 6.15. The Morgan fingerprint density at radius 3 is 2.41 bits per heavy atom. The van der Waals surface area contributed by atoms with Crippen LogP contribution in [0.4, 0.5) is 0 Å². The quantitative estimate of drug-likeness (QED) is 0.620. The summed E-state index contributed by atoms with van der Waals surface area (Å²) in [5.74, 6) is 2.19. The minimum atomic E-state index is -0.250. The average molecular weight is 367 g/mol. The predicted octanol–water partition coefficient (Wildman–Crippen LogP) is 4.82. The van der Waals surface area contributed by atoms with Crippen molar-refractivity contribution in [3.05, 3.63) is 70.5 Å². The maximum Gasteiger partial charge on any atom is 0.280 e. The standard InChI is InChI=1S/C22H25NO4/c1-4-18(12-16-6-5-7-20(13-16)25-15(2)3)26-19-10-8-17(9-11-19)21-14-22(24)23-27-21/h5-11,13-15,18H,4,12H2,1-3H3,(H,23,24). The summed E-state index contributed by atoms with van der Waals surface area (Å²) in [6.07, 6.45) is 1.92. The van der Waals surface area contributed by atoms with Crippen molar-refractivity contribution in [1.29, 1.82) is 0 Å². The molecule has 1 N–H and O–H groups in total. The van der Waals surface area contributed by atoms with Gasteiger partial charge in [-0.2, -0.15) is 5.16 Å². The monoisotopic (exact) mass is 367 g/mol. The third kappa shape index (κ3) is 5.26. The molecule has 1 unspecified atom stereocenters. The van der Waals surface area contributed by atoms with Crippen LogP contribution in [0, 0.1) is 0 Å². The SMILES string of the molecule is CCC(Cc1cccc(OC(C)C)c1)Oc1ccc(-c2cc(=O)[nH]o2)cc1. The first kappa shape index (κ1) is 18.8. The van der Waals surface area contributed by atoms with E-state index in [0.717, 1.165) is 29.9 Å². The summed E-state index contributed by atoms with van der Waals surface area (Å²) >= 11 is 0. The van der Waals surface area contributed by atoms with Gasteiger partial charge in [-0.15, -0.1) is 0 Å². The Hall–Kier alpha value is -2.95. The molecule has 2 aromatic carbocycles. The molecule has 0 fully saturated rings. The highest BCUT2D eigenvalue weighted by Gasteiger charge is 2.11. The van der Waals surface area contributed by atoms with E-state index >= 15 is 0 Å². The maximum atomic E-state index is 11.2. The lowest BCUT2D eigenvalue weighted by Crippen LogP contribution is -2.18. The molecule has 0 spiro atoms. The molecule has 1 atom stereocenters. The van der Waals surface area contributed by atoms with Crippen LogP contribution in [0.15, 0.2) is 63.9 Å². The number of hydrogen-bond acceptors (Lipinski definition) is 4. The van der Waals surface area contributed by atoms with E-state index in [1.54, 1.807) is 0 Å². The minimum Gasteiger partial charge on any atom is -0.491 e. The predicted molar refractivity (Wildman–Crippen MR) is 105 cm³/mol. The molecule has 0 aliphatic rings. The maximum absolute atomic E-state index is 11.2. The fourth-order valence-corrected chi connectivity index (χ4v) is 2.87. The van der Waals surface area contributed by atoms with Gasteiger partial charge in [-0.05, 0) is 62.2 Å². The molecule has 0 aliphatic carbocycles. The smallest absolute Gasteiger partial charge is 0.280 e. The van der Waals surface area contributed by atoms with Crippen LogP contribution >= 0.6 is 0 Å². The fourth-order valence-electron chi connectivity index (χ4n) is 2.87. The zero-order valence-electron chi connectivity index (χ0n) is 15.9. The van der Waals surface area contributed by atoms with Gasteiger partial charge in [-0.1, -0.05) is 19.1 Å². The number of aromatic nitrogens is 1. The van der Waals surface area contributed by atoms with Gasteiger partial charge in [0, 0.05) is 12.0 Å². The first-order chi connectivity index (χ1) is 13.0. The van der Waals surface area contributed by atoms with Gasteiger partial charge in [-0.25, -0.2) is 0 Å². The van der Waals surface area contributed by atoms with Crippen LogP contribution in [0.3, 0.4) is 0 Å². The van der Waals surface area contributed by atoms with Crippen LogP contribution in [0.25, 0.3) is 11.3 Å². The van der Waals surface area contributed by atoms with Gasteiger partial charge in [0.25, 0.3) is 5.56 Å². The summed E-state index contributed by atoms with van der Waals surface area (Å²) in [5, 5.41) is 2.29. The van der Waals surface area contributed by atoms with Crippen molar-refractivity contribution in [3.63, 3.8) is 0 Å². The summed E-state index contributed by atoms with van der Waals surface area (Å²) in [7, 11) is 0. The van der Waals surface area contributed by atoms with Gasteiger partial charge in [-0.3, -0.25) is 4.79 Å². The molecule has 5 heteroatoms. The van der Waals surface area contributed by atoms with Gasteiger partial charge >= 0.3 is 0 Å². The lowest BCUT2D eigenvalue weighted by atomic mass is 10.1. The second kappa shape index (κ2) is 8.62. The van der Waals surface area contributed by atoms with Gasteiger partial charge < -0.3 is 14.0 Å². The third-order valence-electron chi connectivity index (χ3n) is 4.15. The van der Waals surface area contributed by atoms with Crippen LogP contribution in [-0.4, -0.2) is 17.4 Å². The molecular formula is C22H25NO4. The minimum absolute atomic E-state index is 0.0651. The molecule has 0 amide bonds. The Balaban J connectivity index is 1.65. The van der Waals surface area contributed by atoms with Crippen molar-refractivity contribution in [1.82, 2.24) is 5.16 Å². The molecule has 0 radical (unpaired) electrons. The van der Waals surface area contributed by atoms with E-state index in [2.05, 4.69) is 24.2 Å². The molecule has 5 nitrogen and oxygen atoms in total. The van der Waals surface area contributed by atoms with Gasteiger partial charge in [0.05, 0.1) is 12.2 Å². The van der Waals surface area contributed by atoms with Crippen molar-refractivity contribution in [2.75, 3.05) is 0 Å². The number of benzene rings is 2. The van der Waals surface area contributed by atoms with E-state index in [0.29, 0.717) is 5.76 Å². The summed E-state index contributed by atoms with van der Waals surface area (Å²) < 4.78 is 17.0. The van der Waals surface area contributed by atoms with Crippen molar-refractivity contribution in [3.8, 4) is 22.8 Å². The Bertz CT molecular complexity index is 908. The largest absolute Gasteiger partial charge is 0.491 e. The normalized spacial score (nSPS) is 12.1. The highest BCUT2D eigenvalue weighted by atomic mass is 16.5. The Morgan fingerprint density at radius 2 is 1.78 bits per heavy atom. The number of ether oxygens (including phenoxy) is 2. The van der Waals surface area contributed by atoms with E-state index in [9.17, 15) is 4.79 Å². The number of nitrogens with one attached hydrogen (secondary N) is 1. The summed E-state index contributed by atoms with van der Waals surface area (Å²) in [6, 6.07) is 17.1. The van der Waals surface area contributed by atoms with Gasteiger partial charge in [0.2, 0.25) is 0 Å². The molecule has 3 rings (SSSR count). The molecular weight excluding hydrogens is 342 g/mol. The highest BCUT2D eigenvalue weighted by molar-refractivity contribution is 5.57. The number of H-pyrrole nitrogens is 1. The molecule has 0 saturated heterocycles. The molecule has 0 saturated carbocycles. The molecule has 1 aromatic heterocycles. The van der Waals surface area contributed by atoms with Crippen LogP contribution in [0.1, 0.15) is 32.8 Å². The second-order valence-corrected chi connectivity index (χ2v) is 6.77. The van der Waals surface area contributed by atoms with Gasteiger partial charge in [0.1, 0.15) is 17.6 Å². The molecule has 0 bridgehead atoms. The van der Waals surface area contributed by atoms with Crippen molar-refractivity contribution in [2.45, 2.75) is 45.8 Å². The average Bonchev–Trinajstić information content (AvgIpc) is 3.08. The lowest BCUT2D eigenvalue weighted by molar-refractivity contribution is 0.197. The van der Waals surface area contributed by atoms with E-state index < -0.39 is 0 Å². The fraction of sp³-hybridized carbons (Fsp3) is 0.318. The third-order valence-corrected chi connectivity index (χ3v) is 4.15. The zero-order valence-corrected chi connectivity index (χ0v) is 15.9. The highest BCUT2D eigenvalue weighted by Crippen LogP contribution is 2.23. The van der Waals surface area contributed by atoms with Crippen molar-refractivity contribution < 1.29 is 14.0 Å². The Labute approximate surface area is 158 Å². The van der Waals surface area contributed by atoms with E-state index in [4.69, 9.17) is 14.0 Å². The van der Waals surface area contributed by atoms with Crippen LogP contribution in [0.5, 0.6) is 11.5 Å². The first-order valence-corrected chi connectivity index (χ1v) is 9.24. The topological polar surface area (TPSA) is 64.5 Å². The Morgan fingerprint density at radius 1 is 1.00 bits per heavy atom. The number of aromatic amines is 1. The molecule has 0 aliphatic heterocycles.